The molecule has 7 nitrogen and oxygen atoms in total. The predicted octanol–water partition coefficient (Wildman–Crippen LogP) is 3.61. The van der Waals surface area contributed by atoms with E-state index in [1.54, 1.807) is 13.2 Å². The number of carbonyl (C=O) groups excluding carboxylic acids is 2. The molecule has 1 aromatic heterocycles. The second-order valence-corrected chi connectivity index (χ2v) is 8.58. The molecule has 2 aromatic rings. The summed E-state index contributed by atoms with van der Waals surface area (Å²) in [5.41, 5.74) is 4.15. The molecular weight excluding hydrogens is 412 g/mol. The topological polar surface area (TPSA) is 74.8 Å². The molecule has 2 fully saturated rings. The van der Waals surface area contributed by atoms with Gasteiger partial charge in [-0.3, -0.25) is 14.9 Å². The zero-order chi connectivity index (χ0) is 22.0. The molecule has 2 amide bonds. The molecule has 2 aliphatic heterocycles. The zero-order valence-corrected chi connectivity index (χ0v) is 18.8. The number of hydrogen-bond donors (Lipinski definition) is 1. The first-order valence-electron chi connectivity index (χ1n) is 10.4. The van der Waals surface area contributed by atoms with E-state index in [2.05, 4.69) is 53.2 Å². The number of rotatable bonds is 5. The van der Waals surface area contributed by atoms with Crippen LogP contribution in [0.2, 0.25) is 0 Å². The van der Waals surface area contributed by atoms with Gasteiger partial charge in [0.1, 0.15) is 11.6 Å². The lowest BCUT2D eigenvalue weighted by molar-refractivity contribution is -0.115. The number of ether oxygens (including phenoxy) is 1. The van der Waals surface area contributed by atoms with Crippen LogP contribution in [0.4, 0.5) is 16.3 Å². The zero-order valence-electron chi connectivity index (χ0n) is 18.0. The number of imide groups is 1. The Hall–Kier alpha value is -3.00. The molecule has 0 saturated carbocycles. The molecule has 2 saturated heterocycles. The molecule has 2 aliphatic rings. The molecule has 8 heteroatoms. The van der Waals surface area contributed by atoms with Gasteiger partial charge in [-0.15, -0.1) is 0 Å². The maximum atomic E-state index is 11.9. The van der Waals surface area contributed by atoms with Gasteiger partial charge in [0.15, 0.2) is 0 Å². The standard InChI is InChI=1S/C23H26N4O3S/c1-4-18-19(30-3)13-16(14-20-22(28)25-23(29)31-20)24-21(18)27-11-9-26(10-12-27)17-7-5-15(2)6-8-17/h5-8,13-14H,4,9-12H2,1-3H3,(H,25,28,29). The van der Waals surface area contributed by atoms with Gasteiger partial charge in [-0.1, -0.05) is 24.6 Å². The van der Waals surface area contributed by atoms with E-state index in [0.29, 0.717) is 10.6 Å². The molecule has 0 spiro atoms. The molecule has 0 aliphatic carbocycles. The van der Waals surface area contributed by atoms with Crippen LogP contribution in [-0.2, 0) is 11.2 Å². The average Bonchev–Trinajstić information content (AvgIpc) is 3.10. The fraction of sp³-hybridized carbons (Fsp3) is 0.348. The SMILES string of the molecule is CCc1c(OC)cc(C=C2SC(=O)NC2=O)nc1N1CCN(c2ccc(C)cc2)CC1. The first-order valence-corrected chi connectivity index (χ1v) is 11.2. The summed E-state index contributed by atoms with van der Waals surface area (Å²) in [6, 6.07) is 10.4. The minimum Gasteiger partial charge on any atom is -0.496 e. The number of amides is 2. The van der Waals surface area contributed by atoms with Crippen LogP contribution in [0.3, 0.4) is 0 Å². The van der Waals surface area contributed by atoms with E-state index >= 15 is 0 Å². The number of carbonyl (C=O) groups is 2. The second-order valence-electron chi connectivity index (χ2n) is 7.57. The number of hydrogen-bond acceptors (Lipinski definition) is 7. The first kappa shape index (κ1) is 21.2. The Balaban J connectivity index is 1.60. The number of benzene rings is 1. The van der Waals surface area contributed by atoms with Crippen molar-refractivity contribution in [2.24, 2.45) is 0 Å². The highest BCUT2D eigenvalue weighted by Gasteiger charge is 2.27. The monoisotopic (exact) mass is 438 g/mol. The maximum Gasteiger partial charge on any atom is 0.290 e. The highest BCUT2D eigenvalue weighted by Crippen LogP contribution is 2.33. The highest BCUT2D eigenvalue weighted by molar-refractivity contribution is 8.18. The normalized spacial score (nSPS) is 18.0. The molecule has 1 aromatic carbocycles. The third kappa shape index (κ3) is 4.54. The average molecular weight is 439 g/mol. The largest absolute Gasteiger partial charge is 0.496 e. The van der Waals surface area contributed by atoms with Gasteiger partial charge in [0.05, 0.1) is 17.7 Å². The van der Waals surface area contributed by atoms with Crippen molar-refractivity contribution < 1.29 is 14.3 Å². The lowest BCUT2D eigenvalue weighted by Gasteiger charge is -2.37. The van der Waals surface area contributed by atoms with Crippen LogP contribution >= 0.6 is 11.8 Å². The Kier molecular flexibility index (Phi) is 6.18. The summed E-state index contributed by atoms with van der Waals surface area (Å²) >= 11 is 0.893. The quantitative estimate of drug-likeness (QED) is 0.715. The molecule has 31 heavy (non-hydrogen) atoms. The van der Waals surface area contributed by atoms with Crippen LogP contribution in [0, 0.1) is 6.92 Å². The molecule has 0 bridgehead atoms. The summed E-state index contributed by atoms with van der Waals surface area (Å²) in [6.07, 6.45) is 2.44. The third-order valence-corrected chi connectivity index (χ3v) is 6.36. The van der Waals surface area contributed by atoms with Crippen LogP contribution in [-0.4, -0.2) is 49.4 Å². The summed E-state index contributed by atoms with van der Waals surface area (Å²) in [5, 5.41) is 1.92. The van der Waals surface area contributed by atoms with E-state index in [1.807, 2.05) is 6.07 Å². The van der Waals surface area contributed by atoms with Crippen molar-refractivity contribution >= 4 is 40.5 Å². The number of anilines is 2. The lowest BCUT2D eigenvalue weighted by atomic mass is 10.1. The molecule has 1 N–H and O–H groups in total. The lowest BCUT2D eigenvalue weighted by Crippen LogP contribution is -2.47. The molecular formula is C23H26N4O3S. The smallest absolute Gasteiger partial charge is 0.290 e. The van der Waals surface area contributed by atoms with Crippen LogP contribution in [0.1, 0.15) is 23.7 Å². The van der Waals surface area contributed by atoms with Crippen molar-refractivity contribution in [2.75, 3.05) is 43.1 Å². The van der Waals surface area contributed by atoms with Crippen molar-refractivity contribution in [3.8, 4) is 5.75 Å². The molecule has 0 atom stereocenters. The van der Waals surface area contributed by atoms with Crippen molar-refractivity contribution in [1.82, 2.24) is 10.3 Å². The van der Waals surface area contributed by atoms with Gasteiger partial charge in [0.25, 0.3) is 11.1 Å². The number of nitrogens with zero attached hydrogens (tertiary/aromatic N) is 3. The van der Waals surface area contributed by atoms with Crippen LogP contribution in [0.5, 0.6) is 5.75 Å². The minimum atomic E-state index is -0.386. The van der Waals surface area contributed by atoms with Crippen molar-refractivity contribution in [2.45, 2.75) is 20.3 Å². The molecule has 0 unspecified atom stereocenters. The Morgan fingerprint density at radius 2 is 1.81 bits per heavy atom. The van der Waals surface area contributed by atoms with Gasteiger partial charge >= 0.3 is 0 Å². The fourth-order valence-electron chi connectivity index (χ4n) is 3.89. The van der Waals surface area contributed by atoms with E-state index in [-0.39, 0.29) is 11.1 Å². The summed E-state index contributed by atoms with van der Waals surface area (Å²) in [6.45, 7) is 7.65. The summed E-state index contributed by atoms with van der Waals surface area (Å²) < 4.78 is 5.64. The number of aromatic nitrogens is 1. The second kappa shape index (κ2) is 9.01. The van der Waals surface area contributed by atoms with Gasteiger partial charge in [-0.2, -0.15) is 0 Å². The number of nitrogens with one attached hydrogen (secondary N) is 1. The summed E-state index contributed by atoms with van der Waals surface area (Å²) in [7, 11) is 1.64. The van der Waals surface area contributed by atoms with E-state index < -0.39 is 0 Å². The Morgan fingerprint density at radius 3 is 2.39 bits per heavy atom. The van der Waals surface area contributed by atoms with E-state index in [4.69, 9.17) is 9.72 Å². The molecule has 4 rings (SSSR count). The van der Waals surface area contributed by atoms with Gasteiger partial charge in [-0.25, -0.2) is 4.98 Å². The predicted molar refractivity (Wildman–Crippen MR) is 125 cm³/mol. The van der Waals surface area contributed by atoms with Gasteiger partial charge in [0.2, 0.25) is 0 Å². The van der Waals surface area contributed by atoms with Crippen molar-refractivity contribution in [3.05, 3.63) is 52.1 Å². The fourth-order valence-corrected chi connectivity index (χ4v) is 4.56. The number of aryl methyl sites for hydroxylation is 1. The molecule has 0 radical (unpaired) electrons. The van der Waals surface area contributed by atoms with Crippen LogP contribution in [0.15, 0.2) is 35.2 Å². The van der Waals surface area contributed by atoms with Gasteiger partial charge in [-0.05, 0) is 43.3 Å². The number of thioether (sulfide) groups is 1. The highest BCUT2D eigenvalue weighted by atomic mass is 32.2. The number of piperazine rings is 1. The summed E-state index contributed by atoms with van der Waals surface area (Å²) in [5.74, 6) is 1.24. The first-order chi connectivity index (χ1) is 15.0. The maximum absolute atomic E-state index is 11.9. The molecule has 3 heterocycles. The van der Waals surface area contributed by atoms with Crippen LogP contribution in [0.25, 0.3) is 6.08 Å². The third-order valence-electron chi connectivity index (χ3n) is 5.55. The van der Waals surface area contributed by atoms with E-state index in [9.17, 15) is 9.59 Å². The van der Waals surface area contributed by atoms with Gasteiger partial charge in [0, 0.05) is 43.5 Å². The molecule has 162 valence electrons. The summed E-state index contributed by atoms with van der Waals surface area (Å²) in [4.78, 5) is 33.3. The Bertz CT molecular complexity index is 1030. The van der Waals surface area contributed by atoms with Crippen LogP contribution < -0.4 is 19.9 Å². The van der Waals surface area contributed by atoms with Gasteiger partial charge < -0.3 is 14.5 Å². The van der Waals surface area contributed by atoms with Crippen molar-refractivity contribution in [3.63, 3.8) is 0 Å². The van der Waals surface area contributed by atoms with E-state index in [0.717, 1.165) is 61.5 Å². The van der Waals surface area contributed by atoms with Crippen molar-refractivity contribution in [1.29, 1.82) is 0 Å². The number of pyridine rings is 1. The Morgan fingerprint density at radius 1 is 1.13 bits per heavy atom. The Labute approximate surface area is 186 Å². The minimum absolute atomic E-state index is 0.346. The van der Waals surface area contributed by atoms with E-state index in [1.165, 1.54) is 11.3 Å². The number of methoxy groups -OCH3 is 1.